The lowest BCUT2D eigenvalue weighted by molar-refractivity contribution is 0.0996. The summed E-state index contributed by atoms with van der Waals surface area (Å²) in [7, 11) is 8.13. The van der Waals surface area contributed by atoms with Crippen LogP contribution in [0.5, 0.6) is 0 Å². The predicted molar refractivity (Wildman–Crippen MR) is 150 cm³/mol. The number of carbonyl (C=O) groups excluding carboxylic acids is 1. The number of nitrogens with one attached hydrogen (secondary N) is 2. The van der Waals surface area contributed by atoms with Crippen LogP contribution >= 0.6 is 11.3 Å². The second kappa shape index (κ2) is 10.9. The van der Waals surface area contributed by atoms with Crippen LogP contribution < -0.4 is 15.5 Å². The van der Waals surface area contributed by atoms with Crippen LogP contribution in [0.25, 0.3) is 10.2 Å². The lowest BCUT2D eigenvalue weighted by atomic mass is 10.0. The average Bonchev–Trinajstić information content (AvgIpc) is 3.52. The first-order valence-electron chi connectivity index (χ1n) is 12.4. The number of thiophene rings is 1. The van der Waals surface area contributed by atoms with Crippen molar-refractivity contribution in [3.63, 3.8) is 0 Å². The minimum atomic E-state index is -0.295. The van der Waals surface area contributed by atoms with E-state index in [2.05, 4.69) is 44.5 Å². The number of furan rings is 1. The molecule has 1 aliphatic rings. The zero-order valence-electron chi connectivity index (χ0n) is 21.7. The number of hydrogen-bond donors (Lipinski definition) is 2. The molecule has 194 valence electrons. The largest absolute Gasteiger partial charge is 0.459 e. The van der Waals surface area contributed by atoms with Crippen LogP contribution in [0.3, 0.4) is 0 Å². The second-order valence-corrected chi connectivity index (χ2v) is 10.9. The molecule has 0 fully saturated rings. The lowest BCUT2D eigenvalue weighted by Crippen LogP contribution is -2.32. The summed E-state index contributed by atoms with van der Waals surface area (Å²) in [5.74, 6) is 0.766. The van der Waals surface area contributed by atoms with E-state index in [9.17, 15) is 4.79 Å². The molecule has 4 heterocycles. The highest BCUT2D eigenvalue weighted by Gasteiger charge is 2.24. The summed E-state index contributed by atoms with van der Waals surface area (Å²) >= 11 is 1.77. The van der Waals surface area contributed by atoms with Gasteiger partial charge in [-0.15, -0.1) is 11.3 Å². The number of fused-ring (bicyclic) bond motifs is 3. The van der Waals surface area contributed by atoms with E-state index in [0.29, 0.717) is 5.69 Å². The second-order valence-electron chi connectivity index (χ2n) is 9.77. The highest BCUT2D eigenvalue weighted by molar-refractivity contribution is 7.19. The Hall–Kier alpha value is -3.47. The molecule has 2 N–H and O–H groups in total. The van der Waals surface area contributed by atoms with E-state index in [1.165, 1.54) is 23.1 Å². The zero-order chi connectivity index (χ0) is 25.9. The van der Waals surface area contributed by atoms with Crippen LogP contribution in [0.4, 0.5) is 22.9 Å². The van der Waals surface area contributed by atoms with Crippen molar-refractivity contribution in [1.29, 1.82) is 0 Å². The average molecular weight is 520 g/mol. The molecule has 0 saturated heterocycles. The summed E-state index contributed by atoms with van der Waals surface area (Å²) in [6.07, 6.45) is 5.27. The van der Waals surface area contributed by atoms with Crippen molar-refractivity contribution in [3.05, 3.63) is 59.1 Å². The molecule has 5 rings (SSSR count). The molecule has 9 nitrogen and oxygen atoms in total. The van der Waals surface area contributed by atoms with Gasteiger partial charge in [-0.25, -0.2) is 9.97 Å². The molecule has 0 saturated carbocycles. The van der Waals surface area contributed by atoms with E-state index < -0.39 is 0 Å². The third kappa shape index (κ3) is 5.61. The van der Waals surface area contributed by atoms with Crippen LogP contribution in [0, 0.1) is 0 Å². The van der Waals surface area contributed by atoms with Gasteiger partial charge in [-0.3, -0.25) is 9.69 Å². The molecule has 0 spiro atoms. The van der Waals surface area contributed by atoms with Gasteiger partial charge in [0.2, 0.25) is 0 Å². The van der Waals surface area contributed by atoms with Crippen molar-refractivity contribution in [2.45, 2.75) is 19.4 Å². The van der Waals surface area contributed by atoms with E-state index in [1.807, 2.05) is 37.2 Å². The smallest absolute Gasteiger partial charge is 0.291 e. The number of rotatable bonds is 9. The van der Waals surface area contributed by atoms with Gasteiger partial charge in [0.25, 0.3) is 5.91 Å². The van der Waals surface area contributed by atoms with Crippen LogP contribution in [0.15, 0.2) is 47.3 Å². The maximum absolute atomic E-state index is 12.7. The third-order valence-electron chi connectivity index (χ3n) is 6.53. The Bertz CT molecular complexity index is 1380. The summed E-state index contributed by atoms with van der Waals surface area (Å²) < 4.78 is 5.26. The number of anilines is 4. The van der Waals surface area contributed by atoms with Gasteiger partial charge in [0, 0.05) is 37.7 Å². The number of nitrogens with zero attached hydrogens (tertiary/aromatic N) is 5. The van der Waals surface area contributed by atoms with Crippen LogP contribution in [-0.4, -0.2) is 73.5 Å². The summed E-state index contributed by atoms with van der Waals surface area (Å²) in [5.41, 5.74) is 3.76. The van der Waals surface area contributed by atoms with Crippen LogP contribution in [0.2, 0.25) is 0 Å². The van der Waals surface area contributed by atoms with E-state index in [0.717, 1.165) is 60.0 Å². The first-order chi connectivity index (χ1) is 17.9. The molecule has 0 aliphatic carbocycles. The monoisotopic (exact) mass is 519 g/mol. The fourth-order valence-electron chi connectivity index (χ4n) is 4.71. The van der Waals surface area contributed by atoms with Crippen LogP contribution in [0.1, 0.15) is 27.4 Å². The highest BCUT2D eigenvalue weighted by Crippen LogP contribution is 2.38. The van der Waals surface area contributed by atoms with Crippen molar-refractivity contribution < 1.29 is 9.21 Å². The number of hydrogen-bond acceptors (Lipinski definition) is 9. The number of aromatic nitrogens is 2. The van der Waals surface area contributed by atoms with Crippen molar-refractivity contribution >= 4 is 50.3 Å². The minimum Gasteiger partial charge on any atom is -0.459 e. The minimum absolute atomic E-state index is 0.265. The topological polar surface area (TPSA) is 89.8 Å². The fourth-order valence-corrected chi connectivity index (χ4v) is 5.94. The zero-order valence-corrected chi connectivity index (χ0v) is 22.6. The summed E-state index contributed by atoms with van der Waals surface area (Å²) in [6.45, 7) is 4.21. The maximum Gasteiger partial charge on any atom is 0.291 e. The molecule has 0 bridgehead atoms. The molecule has 0 unspecified atom stereocenters. The van der Waals surface area contributed by atoms with E-state index >= 15 is 0 Å². The Morgan fingerprint density at radius 1 is 1.19 bits per heavy atom. The maximum atomic E-state index is 12.7. The lowest BCUT2D eigenvalue weighted by Gasteiger charge is -2.27. The summed E-state index contributed by atoms with van der Waals surface area (Å²) in [6, 6.07) is 9.25. The summed E-state index contributed by atoms with van der Waals surface area (Å²) in [5, 5.41) is 7.58. The van der Waals surface area contributed by atoms with Crippen molar-refractivity contribution in [2.75, 3.05) is 63.4 Å². The van der Waals surface area contributed by atoms with Gasteiger partial charge in [0.05, 0.1) is 23.0 Å². The van der Waals surface area contributed by atoms with Gasteiger partial charge in [-0.1, -0.05) is 0 Å². The molecule has 1 aromatic carbocycles. The van der Waals surface area contributed by atoms with Crippen molar-refractivity contribution in [3.8, 4) is 0 Å². The number of benzene rings is 1. The SMILES string of the molecule is CN(C)CCCN1CCc2c(sc3ncnc(Nc4ccc(N(C)C)c(NC(=O)c5ccco5)c4)c23)C1. The molecule has 0 atom stereocenters. The number of carbonyl (C=O) groups is 1. The van der Waals surface area contributed by atoms with E-state index in [-0.39, 0.29) is 11.7 Å². The van der Waals surface area contributed by atoms with E-state index in [4.69, 9.17) is 4.42 Å². The van der Waals surface area contributed by atoms with Crippen LogP contribution in [-0.2, 0) is 13.0 Å². The summed E-state index contributed by atoms with van der Waals surface area (Å²) in [4.78, 5) is 31.0. The number of amides is 1. The third-order valence-corrected chi connectivity index (χ3v) is 7.65. The highest BCUT2D eigenvalue weighted by atomic mass is 32.1. The molecule has 10 heteroatoms. The molecule has 0 radical (unpaired) electrons. The molecular weight excluding hydrogens is 486 g/mol. The molecule has 37 heavy (non-hydrogen) atoms. The van der Waals surface area contributed by atoms with Crippen molar-refractivity contribution in [1.82, 2.24) is 19.8 Å². The van der Waals surface area contributed by atoms with Gasteiger partial charge >= 0.3 is 0 Å². The molecule has 3 aromatic heterocycles. The van der Waals surface area contributed by atoms with Gasteiger partial charge in [0.15, 0.2) is 5.76 Å². The molecule has 1 amide bonds. The Labute approximate surface area is 221 Å². The molecule has 1 aliphatic heterocycles. The van der Waals surface area contributed by atoms with Gasteiger partial charge in [-0.05, 0) is 75.9 Å². The first kappa shape index (κ1) is 25.2. The van der Waals surface area contributed by atoms with Gasteiger partial charge in [0.1, 0.15) is 17.0 Å². The van der Waals surface area contributed by atoms with Gasteiger partial charge in [-0.2, -0.15) is 0 Å². The standard InChI is InChI=1S/C27H33N7O2S/c1-32(2)11-6-12-34-13-10-19-23(16-34)37-27-24(19)25(28-17-29-27)30-18-8-9-21(33(3)4)20(15-18)31-26(35)22-7-5-14-36-22/h5,7-9,14-15,17H,6,10-13,16H2,1-4H3,(H,31,35)(H,28,29,30). The fraction of sp³-hybridized carbons (Fsp3) is 0.370. The quantitative estimate of drug-likeness (QED) is 0.330. The first-order valence-corrected chi connectivity index (χ1v) is 13.3. The Kier molecular flexibility index (Phi) is 7.40. The predicted octanol–water partition coefficient (Wildman–Crippen LogP) is 4.66. The van der Waals surface area contributed by atoms with E-state index in [1.54, 1.807) is 29.8 Å². The Morgan fingerprint density at radius 3 is 2.81 bits per heavy atom. The molecule has 4 aromatic rings. The Balaban J connectivity index is 1.39. The molecular formula is C27H33N7O2S. The van der Waals surface area contributed by atoms with Gasteiger partial charge < -0.3 is 24.9 Å². The Morgan fingerprint density at radius 2 is 2.05 bits per heavy atom. The van der Waals surface area contributed by atoms with Crippen molar-refractivity contribution in [2.24, 2.45) is 0 Å². The normalized spacial score (nSPS) is 13.6.